The molecular formula is C38H22N4OS. The lowest BCUT2D eigenvalue weighted by molar-refractivity contribution is 0.669. The highest BCUT2D eigenvalue weighted by atomic mass is 32.1. The van der Waals surface area contributed by atoms with Gasteiger partial charge in [-0.1, -0.05) is 103 Å². The van der Waals surface area contributed by atoms with E-state index in [4.69, 9.17) is 24.4 Å². The average molecular weight is 583 g/mol. The van der Waals surface area contributed by atoms with Crippen LogP contribution in [-0.2, 0) is 0 Å². The van der Waals surface area contributed by atoms with Crippen LogP contribution < -0.4 is 0 Å². The summed E-state index contributed by atoms with van der Waals surface area (Å²) < 4.78 is 7.47. The van der Waals surface area contributed by atoms with Crippen LogP contribution in [0.2, 0.25) is 0 Å². The van der Waals surface area contributed by atoms with Crippen LogP contribution in [0.1, 0.15) is 0 Å². The Morgan fingerprint density at radius 2 is 1.16 bits per heavy atom. The smallest absolute Gasteiger partial charge is 0.167 e. The maximum absolute atomic E-state index is 6.35. The fraction of sp³-hybridized carbons (Fsp3) is 0. The molecular weight excluding hydrogens is 561 g/mol. The Morgan fingerprint density at radius 3 is 2.07 bits per heavy atom. The Labute approximate surface area is 256 Å². The summed E-state index contributed by atoms with van der Waals surface area (Å²) in [7, 11) is 0. The predicted molar refractivity (Wildman–Crippen MR) is 180 cm³/mol. The summed E-state index contributed by atoms with van der Waals surface area (Å²) in [6.45, 7) is 0. The molecule has 0 saturated carbocycles. The Kier molecular flexibility index (Phi) is 5.61. The lowest BCUT2D eigenvalue weighted by Crippen LogP contribution is -2.00. The monoisotopic (exact) mass is 582 g/mol. The van der Waals surface area contributed by atoms with E-state index >= 15 is 0 Å². The van der Waals surface area contributed by atoms with Crippen molar-refractivity contribution in [3.63, 3.8) is 0 Å². The van der Waals surface area contributed by atoms with Crippen LogP contribution in [0.25, 0.3) is 87.7 Å². The molecule has 0 radical (unpaired) electrons. The van der Waals surface area contributed by atoms with Gasteiger partial charge >= 0.3 is 0 Å². The number of hydrogen-bond acceptors (Lipinski definition) is 6. The van der Waals surface area contributed by atoms with Gasteiger partial charge in [-0.05, 0) is 41.1 Å². The van der Waals surface area contributed by atoms with E-state index in [1.807, 2.05) is 60.7 Å². The van der Waals surface area contributed by atoms with Crippen LogP contribution in [0.15, 0.2) is 138 Å². The van der Waals surface area contributed by atoms with Crippen molar-refractivity contribution in [2.45, 2.75) is 0 Å². The van der Waals surface area contributed by atoms with Gasteiger partial charge in [-0.2, -0.15) is 0 Å². The standard InChI is InChI=1S/C38H22N4OS/c1-2-11-24(12-3-1)35-40-36(42-37(41-35)30-18-9-16-28-27-15-6-7-19-32(27)43-34(28)30)25-20-21-33-31(22-25)39-38(44-33)29-17-8-13-23-10-4-5-14-26(23)29/h1-22H. The molecule has 0 aliphatic rings. The average Bonchev–Trinajstić information content (AvgIpc) is 3.69. The van der Waals surface area contributed by atoms with Crippen molar-refractivity contribution in [1.82, 2.24) is 19.9 Å². The summed E-state index contributed by atoms with van der Waals surface area (Å²) in [5, 5.41) is 5.50. The van der Waals surface area contributed by atoms with Crippen molar-refractivity contribution in [2.24, 2.45) is 0 Å². The molecule has 44 heavy (non-hydrogen) atoms. The molecule has 5 nitrogen and oxygen atoms in total. The minimum Gasteiger partial charge on any atom is -0.455 e. The molecule has 9 rings (SSSR count). The van der Waals surface area contributed by atoms with E-state index in [1.54, 1.807) is 11.3 Å². The first-order chi connectivity index (χ1) is 21.8. The molecule has 6 heteroatoms. The third kappa shape index (κ3) is 4.07. The first-order valence-corrected chi connectivity index (χ1v) is 15.2. The zero-order valence-electron chi connectivity index (χ0n) is 23.3. The molecule has 0 bridgehead atoms. The van der Waals surface area contributed by atoms with Gasteiger partial charge in [0.05, 0.1) is 15.8 Å². The quantitative estimate of drug-likeness (QED) is 0.207. The topological polar surface area (TPSA) is 64.7 Å². The predicted octanol–water partition coefficient (Wildman–Crippen LogP) is 10.2. The van der Waals surface area contributed by atoms with E-state index in [9.17, 15) is 0 Å². The largest absolute Gasteiger partial charge is 0.455 e. The van der Waals surface area contributed by atoms with E-state index in [1.165, 1.54) is 10.8 Å². The number of fused-ring (bicyclic) bond motifs is 5. The summed E-state index contributed by atoms with van der Waals surface area (Å²) in [4.78, 5) is 20.0. The molecule has 0 saturated heterocycles. The third-order valence-electron chi connectivity index (χ3n) is 7.98. The summed E-state index contributed by atoms with van der Waals surface area (Å²) in [6.07, 6.45) is 0. The van der Waals surface area contributed by atoms with Crippen LogP contribution in [0.5, 0.6) is 0 Å². The summed E-state index contributed by atoms with van der Waals surface area (Å²) in [5.74, 6) is 1.76. The second kappa shape index (κ2) is 9.93. The van der Waals surface area contributed by atoms with E-state index in [0.717, 1.165) is 59.4 Å². The Morgan fingerprint density at radius 1 is 0.477 bits per heavy atom. The van der Waals surface area contributed by atoms with Gasteiger partial charge in [0.25, 0.3) is 0 Å². The molecule has 0 aliphatic carbocycles. The maximum atomic E-state index is 6.35. The highest BCUT2D eigenvalue weighted by Gasteiger charge is 2.18. The van der Waals surface area contributed by atoms with Crippen molar-refractivity contribution in [3.8, 4) is 44.7 Å². The number of para-hydroxylation sites is 2. The number of thiazole rings is 1. The molecule has 0 fully saturated rings. The second-order valence-corrected chi connectivity index (χ2v) is 11.7. The van der Waals surface area contributed by atoms with Crippen LogP contribution in [0, 0.1) is 0 Å². The fourth-order valence-electron chi connectivity index (χ4n) is 5.86. The van der Waals surface area contributed by atoms with Crippen molar-refractivity contribution >= 4 is 54.3 Å². The first-order valence-electron chi connectivity index (χ1n) is 14.4. The minimum absolute atomic E-state index is 0.563. The van der Waals surface area contributed by atoms with Gasteiger partial charge in [0.1, 0.15) is 16.2 Å². The zero-order chi connectivity index (χ0) is 29.0. The van der Waals surface area contributed by atoms with Gasteiger partial charge in [0, 0.05) is 27.5 Å². The molecule has 9 aromatic rings. The van der Waals surface area contributed by atoms with E-state index in [-0.39, 0.29) is 0 Å². The minimum atomic E-state index is 0.563. The SMILES string of the molecule is c1ccc(-c2nc(-c3ccc4sc(-c5cccc6ccccc56)nc4c3)nc(-c3cccc4c3oc3ccccc34)n2)cc1. The highest BCUT2D eigenvalue weighted by Crippen LogP contribution is 2.38. The molecule has 0 aliphatic heterocycles. The van der Waals surface area contributed by atoms with Gasteiger partial charge in [0.15, 0.2) is 17.5 Å². The third-order valence-corrected chi connectivity index (χ3v) is 9.05. The normalized spacial score (nSPS) is 11.6. The molecule has 3 heterocycles. The first kappa shape index (κ1) is 24.8. The fourth-order valence-corrected chi connectivity index (χ4v) is 6.84. The number of hydrogen-bond donors (Lipinski definition) is 0. The summed E-state index contributed by atoms with van der Waals surface area (Å²) in [6, 6.07) is 45.3. The number of benzene rings is 6. The molecule has 0 amide bonds. The molecule has 6 aromatic carbocycles. The number of furan rings is 1. The summed E-state index contributed by atoms with van der Waals surface area (Å²) in [5.41, 5.74) is 6.28. The van der Waals surface area contributed by atoms with Crippen molar-refractivity contribution in [1.29, 1.82) is 0 Å². The zero-order valence-corrected chi connectivity index (χ0v) is 24.1. The van der Waals surface area contributed by atoms with Crippen LogP contribution in [-0.4, -0.2) is 19.9 Å². The lowest BCUT2D eigenvalue weighted by Gasteiger charge is -2.08. The van der Waals surface area contributed by atoms with Crippen LogP contribution in [0.4, 0.5) is 0 Å². The summed E-state index contributed by atoms with van der Waals surface area (Å²) >= 11 is 1.70. The van der Waals surface area contributed by atoms with E-state index in [2.05, 4.69) is 72.8 Å². The molecule has 0 unspecified atom stereocenters. The Bertz CT molecular complexity index is 2510. The van der Waals surface area contributed by atoms with Gasteiger partial charge < -0.3 is 4.42 Å². The molecule has 0 atom stereocenters. The van der Waals surface area contributed by atoms with Crippen molar-refractivity contribution in [2.75, 3.05) is 0 Å². The molecule has 3 aromatic heterocycles. The van der Waals surface area contributed by atoms with Gasteiger partial charge in [-0.25, -0.2) is 19.9 Å². The number of nitrogens with zero attached hydrogens (tertiary/aromatic N) is 4. The second-order valence-electron chi connectivity index (χ2n) is 10.7. The van der Waals surface area contributed by atoms with Crippen molar-refractivity contribution < 1.29 is 4.42 Å². The van der Waals surface area contributed by atoms with Gasteiger partial charge in [-0.3, -0.25) is 0 Å². The number of aromatic nitrogens is 4. The van der Waals surface area contributed by atoms with Gasteiger partial charge in [0.2, 0.25) is 0 Å². The molecule has 206 valence electrons. The van der Waals surface area contributed by atoms with E-state index < -0.39 is 0 Å². The van der Waals surface area contributed by atoms with Crippen LogP contribution in [0.3, 0.4) is 0 Å². The number of rotatable bonds is 4. The van der Waals surface area contributed by atoms with E-state index in [0.29, 0.717) is 17.5 Å². The Hall–Kier alpha value is -5.72. The maximum Gasteiger partial charge on any atom is 0.167 e. The van der Waals surface area contributed by atoms with Crippen molar-refractivity contribution in [3.05, 3.63) is 133 Å². The lowest BCUT2D eigenvalue weighted by atomic mass is 10.1. The highest BCUT2D eigenvalue weighted by molar-refractivity contribution is 7.21. The van der Waals surface area contributed by atoms with Crippen LogP contribution >= 0.6 is 11.3 Å². The van der Waals surface area contributed by atoms with Gasteiger partial charge in [-0.15, -0.1) is 11.3 Å². The Balaban J connectivity index is 1.22. The molecule has 0 N–H and O–H groups in total. The molecule has 0 spiro atoms.